The molecule has 0 saturated carbocycles. The summed E-state index contributed by atoms with van der Waals surface area (Å²) in [6, 6.07) is 11.6. The molecule has 1 amide bonds. The van der Waals surface area contributed by atoms with E-state index in [2.05, 4.69) is 5.32 Å². The molecule has 27 heavy (non-hydrogen) atoms. The Labute approximate surface area is 164 Å². The van der Waals surface area contributed by atoms with Crippen LogP contribution in [0.5, 0.6) is 5.75 Å². The van der Waals surface area contributed by atoms with Gasteiger partial charge < -0.3 is 19.9 Å². The Morgan fingerprint density at radius 3 is 2.78 bits per heavy atom. The van der Waals surface area contributed by atoms with Crippen LogP contribution in [0, 0.1) is 0 Å². The Kier molecular flexibility index (Phi) is 5.63. The van der Waals surface area contributed by atoms with Crippen molar-refractivity contribution in [2.45, 2.75) is 45.5 Å². The summed E-state index contributed by atoms with van der Waals surface area (Å²) in [4.78, 5) is 11.8. The molecule has 0 spiro atoms. The first kappa shape index (κ1) is 19.5. The standard InChI is InChI=1S/C21H24ClNO4/c1-21(2,3)27-20(25)23-11-17-9-16-8-15(10-18(22)19(16)26-17)14-6-4-5-13(7-14)12-24/h4-8,10,17,24H,9,11-12H2,1-3H3,(H,23,25). The van der Waals surface area contributed by atoms with E-state index in [4.69, 9.17) is 21.1 Å². The fourth-order valence-corrected chi connectivity index (χ4v) is 3.31. The van der Waals surface area contributed by atoms with Crippen molar-refractivity contribution in [3.05, 3.63) is 52.5 Å². The lowest BCUT2D eigenvalue weighted by molar-refractivity contribution is 0.0506. The number of aliphatic hydroxyl groups is 1. The number of fused-ring (bicyclic) bond motifs is 1. The quantitative estimate of drug-likeness (QED) is 0.816. The fourth-order valence-electron chi connectivity index (χ4n) is 3.03. The molecule has 6 heteroatoms. The molecule has 3 rings (SSSR count). The number of ether oxygens (including phenoxy) is 2. The first-order valence-electron chi connectivity index (χ1n) is 8.91. The number of halogens is 1. The van der Waals surface area contributed by atoms with E-state index in [1.165, 1.54) is 0 Å². The molecule has 1 aliphatic rings. The summed E-state index contributed by atoms with van der Waals surface area (Å²) in [6.07, 6.45) is -0.00280. The van der Waals surface area contributed by atoms with Crippen molar-refractivity contribution >= 4 is 17.7 Å². The molecule has 2 N–H and O–H groups in total. The molecule has 144 valence electrons. The lowest BCUT2D eigenvalue weighted by Gasteiger charge is -2.20. The van der Waals surface area contributed by atoms with Gasteiger partial charge >= 0.3 is 6.09 Å². The van der Waals surface area contributed by atoms with Crippen LogP contribution in [0.25, 0.3) is 11.1 Å². The van der Waals surface area contributed by atoms with E-state index in [0.717, 1.165) is 22.3 Å². The van der Waals surface area contributed by atoms with Gasteiger partial charge in [0, 0.05) is 12.0 Å². The zero-order valence-electron chi connectivity index (χ0n) is 15.7. The molecule has 2 aromatic carbocycles. The van der Waals surface area contributed by atoms with Gasteiger partial charge in [-0.15, -0.1) is 0 Å². The molecule has 0 bridgehead atoms. The lowest BCUT2D eigenvalue weighted by atomic mass is 9.99. The highest BCUT2D eigenvalue weighted by Gasteiger charge is 2.27. The number of aliphatic hydroxyl groups excluding tert-OH is 1. The van der Waals surface area contributed by atoms with E-state index in [1.807, 2.05) is 57.2 Å². The Morgan fingerprint density at radius 2 is 2.07 bits per heavy atom. The third-order valence-electron chi connectivity index (χ3n) is 4.17. The van der Waals surface area contributed by atoms with Crippen LogP contribution in [-0.2, 0) is 17.8 Å². The maximum atomic E-state index is 11.8. The van der Waals surface area contributed by atoms with E-state index in [-0.39, 0.29) is 12.7 Å². The minimum atomic E-state index is -0.537. The van der Waals surface area contributed by atoms with Crippen LogP contribution in [0.3, 0.4) is 0 Å². The van der Waals surface area contributed by atoms with Crippen molar-refractivity contribution in [2.75, 3.05) is 6.54 Å². The Morgan fingerprint density at radius 1 is 1.30 bits per heavy atom. The van der Waals surface area contributed by atoms with Crippen LogP contribution in [0.15, 0.2) is 36.4 Å². The molecule has 1 unspecified atom stereocenters. The molecular weight excluding hydrogens is 366 g/mol. The second-order valence-corrected chi connectivity index (χ2v) is 8.04. The minimum Gasteiger partial charge on any atom is -0.486 e. The van der Waals surface area contributed by atoms with Crippen LogP contribution >= 0.6 is 11.6 Å². The number of benzene rings is 2. The number of alkyl carbamates (subject to hydrolysis) is 1. The highest BCUT2D eigenvalue weighted by Crippen LogP contribution is 2.39. The normalized spacial score (nSPS) is 15.8. The van der Waals surface area contributed by atoms with Crippen molar-refractivity contribution in [1.82, 2.24) is 5.32 Å². The predicted octanol–water partition coefficient (Wildman–Crippen LogP) is 4.33. The second-order valence-electron chi connectivity index (χ2n) is 7.63. The Balaban J connectivity index is 1.70. The number of carbonyl (C=O) groups excluding carboxylic acids is 1. The Bertz CT molecular complexity index is 845. The SMILES string of the molecule is CC(C)(C)OC(=O)NCC1Cc2cc(-c3cccc(CO)c3)cc(Cl)c2O1. The number of hydrogen-bond acceptors (Lipinski definition) is 4. The highest BCUT2D eigenvalue weighted by molar-refractivity contribution is 6.32. The average molecular weight is 390 g/mol. The van der Waals surface area contributed by atoms with Crippen LogP contribution in [-0.4, -0.2) is 29.4 Å². The van der Waals surface area contributed by atoms with Gasteiger partial charge in [-0.2, -0.15) is 0 Å². The Hall–Kier alpha value is -2.24. The summed E-state index contributed by atoms with van der Waals surface area (Å²) in [5.74, 6) is 0.662. The van der Waals surface area contributed by atoms with Crippen LogP contribution in [0.2, 0.25) is 5.02 Å². The zero-order valence-corrected chi connectivity index (χ0v) is 16.5. The first-order valence-corrected chi connectivity index (χ1v) is 9.29. The number of carbonyl (C=O) groups is 1. The summed E-state index contributed by atoms with van der Waals surface area (Å²) >= 11 is 6.43. The van der Waals surface area contributed by atoms with Crippen LogP contribution in [0.4, 0.5) is 4.79 Å². The van der Waals surface area contributed by atoms with Crippen molar-refractivity contribution in [3.63, 3.8) is 0 Å². The van der Waals surface area contributed by atoms with Gasteiger partial charge in [0.15, 0.2) is 0 Å². The van der Waals surface area contributed by atoms with Crippen LogP contribution < -0.4 is 10.1 Å². The molecule has 1 heterocycles. The van der Waals surface area contributed by atoms with Gasteiger partial charge in [0.1, 0.15) is 17.5 Å². The van der Waals surface area contributed by atoms with E-state index >= 15 is 0 Å². The van der Waals surface area contributed by atoms with Crippen molar-refractivity contribution in [2.24, 2.45) is 0 Å². The molecule has 2 aromatic rings. The average Bonchev–Trinajstić information content (AvgIpc) is 3.02. The fraction of sp³-hybridized carbons (Fsp3) is 0.381. The lowest BCUT2D eigenvalue weighted by Crippen LogP contribution is -2.38. The molecular formula is C21H24ClNO4. The van der Waals surface area contributed by atoms with Gasteiger partial charge in [-0.1, -0.05) is 29.8 Å². The smallest absolute Gasteiger partial charge is 0.407 e. The monoisotopic (exact) mass is 389 g/mol. The summed E-state index contributed by atoms with van der Waals surface area (Å²) < 4.78 is 11.2. The van der Waals surface area contributed by atoms with Gasteiger partial charge in [0.2, 0.25) is 0 Å². The maximum Gasteiger partial charge on any atom is 0.407 e. The van der Waals surface area contributed by atoms with E-state index in [9.17, 15) is 9.90 Å². The van der Waals surface area contributed by atoms with Crippen molar-refractivity contribution < 1.29 is 19.4 Å². The summed E-state index contributed by atoms with van der Waals surface area (Å²) in [5.41, 5.74) is 3.27. The molecule has 5 nitrogen and oxygen atoms in total. The molecule has 0 fully saturated rings. The number of rotatable bonds is 4. The summed E-state index contributed by atoms with van der Waals surface area (Å²) in [7, 11) is 0. The molecule has 0 aliphatic carbocycles. The number of nitrogens with one attached hydrogen (secondary N) is 1. The predicted molar refractivity (Wildman–Crippen MR) is 105 cm³/mol. The van der Waals surface area contributed by atoms with Crippen molar-refractivity contribution in [1.29, 1.82) is 0 Å². The van der Waals surface area contributed by atoms with E-state index in [1.54, 1.807) is 0 Å². The van der Waals surface area contributed by atoms with Crippen molar-refractivity contribution in [3.8, 4) is 16.9 Å². The van der Waals surface area contributed by atoms with Gasteiger partial charge in [-0.25, -0.2) is 4.79 Å². The van der Waals surface area contributed by atoms with Gasteiger partial charge in [0.25, 0.3) is 0 Å². The zero-order chi connectivity index (χ0) is 19.6. The molecule has 1 aliphatic heterocycles. The van der Waals surface area contributed by atoms with Gasteiger partial charge in [-0.05, 0) is 55.7 Å². The minimum absolute atomic E-state index is 0.00592. The second kappa shape index (κ2) is 7.79. The molecule has 1 atom stereocenters. The highest BCUT2D eigenvalue weighted by atomic mass is 35.5. The van der Waals surface area contributed by atoms with Crippen LogP contribution in [0.1, 0.15) is 31.9 Å². The largest absolute Gasteiger partial charge is 0.486 e. The first-order chi connectivity index (χ1) is 12.7. The topological polar surface area (TPSA) is 67.8 Å². The third-order valence-corrected chi connectivity index (χ3v) is 4.45. The maximum absolute atomic E-state index is 11.8. The van der Waals surface area contributed by atoms with Gasteiger partial charge in [0.05, 0.1) is 18.2 Å². The van der Waals surface area contributed by atoms with E-state index in [0.29, 0.717) is 23.7 Å². The number of amides is 1. The molecule has 0 saturated heterocycles. The molecule has 0 radical (unpaired) electrons. The van der Waals surface area contributed by atoms with E-state index < -0.39 is 11.7 Å². The van der Waals surface area contributed by atoms with Gasteiger partial charge in [-0.3, -0.25) is 0 Å². The molecule has 0 aromatic heterocycles. The number of hydrogen-bond donors (Lipinski definition) is 2. The summed E-state index contributed by atoms with van der Waals surface area (Å²) in [6.45, 7) is 5.80. The summed E-state index contributed by atoms with van der Waals surface area (Å²) in [5, 5.41) is 12.6. The third kappa shape index (κ3) is 4.93.